The minimum Gasteiger partial charge on any atom is -0.300 e. The smallest absolute Gasteiger partial charge is 0.286 e. The van der Waals surface area contributed by atoms with E-state index in [-0.39, 0.29) is 28.5 Å². The standard InChI is InChI=1S/C24H23N3O2S/c1-16(18-7-3-2-4-8-18)26-22(19-10-12-25-13-11-19)20-9-5-6-17(14-20)15-21-23(28)27-24(29)30-21/h2-14,16,21-22,26H,15H2,1H3,(H,27,28,29)/t16-,21?,22?/m1/s1. The fraction of sp³-hybridized carbons (Fsp3) is 0.208. The van der Waals surface area contributed by atoms with Gasteiger partial charge in [0.15, 0.2) is 0 Å². The van der Waals surface area contributed by atoms with E-state index in [9.17, 15) is 9.59 Å². The van der Waals surface area contributed by atoms with Crippen molar-refractivity contribution in [2.24, 2.45) is 0 Å². The van der Waals surface area contributed by atoms with E-state index >= 15 is 0 Å². The highest BCUT2D eigenvalue weighted by Gasteiger charge is 2.31. The molecule has 1 saturated heterocycles. The van der Waals surface area contributed by atoms with Crippen molar-refractivity contribution >= 4 is 22.9 Å². The molecule has 2 unspecified atom stereocenters. The molecule has 0 saturated carbocycles. The van der Waals surface area contributed by atoms with Gasteiger partial charge in [-0.3, -0.25) is 25.2 Å². The van der Waals surface area contributed by atoms with E-state index in [1.807, 2.05) is 42.5 Å². The molecule has 3 atom stereocenters. The third-order valence-corrected chi connectivity index (χ3v) is 6.21. The number of rotatable bonds is 7. The summed E-state index contributed by atoms with van der Waals surface area (Å²) in [4.78, 5) is 27.6. The summed E-state index contributed by atoms with van der Waals surface area (Å²) in [5.74, 6) is -0.211. The number of imide groups is 1. The average molecular weight is 418 g/mol. The lowest BCUT2D eigenvalue weighted by Gasteiger charge is -2.25. The van der Waals surface area contributed by atoms with Gasteiger partial charge in [-0.1, -0.05) is 66.4 Å². The molecule has 2 aromatic carbocycles. The van der Waals surface area contributed by atoms with Crippen LogP contribution in [0.1, 0.15) is 41.3 Å². The molecule has 0 bridgehead atoms. The first kappa shape index (κ1) is 20.3. The van der Waals surface area contributed by atoms with Crippen LogP contribution in [0.4, 0.5) is 4.79 Å². The number of benzene rings is 2. The Kier molecular flexibility index (Phi) is 6.26. The Bertz CT molecular complexity index is 1030. The number of thioether (sulfide) groups is 1. The fourth-order valence-corrected chi connectivity index (χ4v) is 4.53. The first-order chi connectivity index (χ1) is 14.6. The summed E-state index contributed by atoms with van der Waals surface area (Å²) in [5, 5.41) is 5.46. The van der Waals surface area contributed by atoms with Crippen LogP contribution in [-0.4, -0.2) is 21.4 Å². The van der Waals surface area contributed by atoms with Gasteiger partial charge in [-0.05, 0) is 47.7 Å². The highest BCUT2D eigenvalue weighted by Crippen LogP contribution is 2.28. The van der Waals surface area contributed by atoms with Gasteiger partial charge in [0.1, 0.15) is 0 Å². The minimum atomic E-state index is -0.372. The van der Waals surface area contributed by atoms with Crippen LogP contribution in [0.3, 0.4) is 0 Å². The Morgan fingerprint density at radius 2 is 1.70 bits per heavy atom. The maximum absolute atomic E-state index is 12.0. The highest BCUT2D eigenvalue weighted by molar-refractivity contribution is 8.15. The zero-order valence-corrected chi connectivity index (χ0v) is 17.4. The number of hydrogen-bond donors (Lipinski definition) is 2. The molecule has 1 aromatic heterocycles. The molecule has 4 rings (SSSR count). The number of hydrogen-bond acceptors (Lipinski definition) is 5. The molecule has 0 spiro atoms. The van der Waals surface area contributed by atoms with Crippen molar-refractivity contribution < 1.29 is 9.59 Å². The second kappa shape index (κ2) is 9.24. The molecule has 1 aliphatic heterocycles. The van der Waals surface area contributed by atoms with Crippen LogP contribution in [0.15, 0.2) is 79.1 Å². The number of amides is 2. The van der Waals surface area contributed by atoms with Crippen molar-refractivity contribution in [1.82, 2.24) is 15.6 Å². The first-order valence-corrected chi connectivity index (χ1v) is 10.8. The predicted octanol–water partition coefficient (Wildman–Crippen LogP) is 4.42. The second-order valence-corrected chi connectivity index (χ2v) is 8.52. The topological polar surface area (TPSA) is 71.1 Å². The summed E-state index contributed by atoms with van der Waals surface area (Å²) in [7, 11) is 0. The summed E-state index contributed by atoms with van der Waals surface area (Å²) in [6.45, 7) is 2.15. The Labute approximate surface area is 180 Å². The number of nitrogens with zero attached hydrogens (tertiary/aromatic N) is 1. The molecule has 1 fully saturated rings. The summed E-state index contributed by atoms with van der Waals surface area (Å²) >= 11 is 1.06. The molecule has 2 amide bonds. The van der Waals surface area contributed by atoms with Gasteiger partial charge in [-0.25, -0.2) is 0 Å². The van der Waals surface area contributed by atoms with Crippen molar-refractivity contribution in [3.8, 4) is 0 Å². The summed E-state index contributed by atoms with van der Waals surface area (Å²) < 4.78 is 0. The molecule has 5 nitrogen and oxygen atoms in total. The van der Waals surface area contributed by atoms with E-state index in [0.717, 1.165) is 28.5 Å². The summed E-state index contributed by atoms with van der Waals surface area (Å²) in [6, 6.07) is 22.7. The quantitative estimate of drug-likeness (QED) is 0.596. The number of pyridine rings is 1. The van der Waals surface area contributed by atoms with E-state index in [1.165, 1.54) is 5.56 Å². The normalized spacial score (nSPS) is 18.1. The van der Waals surface area contributed by atoms with Gasteiger partial charge in [0, 0.05) is 18.4 Å². The molecule has 3 aromatic rings. The van der Waals surface area contributed by atoms with Gasteiger partial charge in [0.05, 0.1) is 11.3 Å². The third kappa shape index (κ3) is 4.78. The van der Waals surface area contributed by atoms with Crippen LogP contribution in [0.5, 0.6) is 0 Å². The average Bonchev–Trinajstić information content (AvgIpc) is 3.09. The van der Waals surface area contributed by atoms with E-state index in [2.05, 4.69) is 46.8 Å². The van der Waals surface area contributed by atoms with Gasteiger partial charge in [-0.15, -0.1) is 0 Å². The van der Waals surface area contributed by atoms with Crippen molar-refractivity contribution in [2.45, 2.75) is 30.7 Å². The third-order valence-electron chi connectivity index (χ3n) is 5.23. The Morgan fingerprint density at radius 1 is 0.967 bits per heavy atom. The van der Waals surface area contributed by atoms with Crippen LogP contribution < -0.4 is 10.6 Å². The maximum atomic E-state index is 12.0. The van der Waals surface area contributed by atoms with E-state index in [1.54, 1.807) is 12.4 Å². The molecular weight excluding hydrogens is 394 g/mol. The van der Waals surface area contributed by atoms with Crippen molar-refractivity contribution in [1.29, 1.82) is 0 Å². The zero-order chi connectivity index (χ0) is 20.9. The second-order valence-electron chi connectivity index (χ2n) is 7.34. The largest absolute Gasteiger partial charge is 0.300 e. The van der Waals surface area contributed by atoms with Gasteiger partial charge in [0.25, 0.3) is 5.24 Å². The minimum absolute atomic E-state index is 0.0326. The summed E-state index contributed by atoms with van der Waals surface area (Å²) in [5.41, 5.74) is 4.47. The van der Waals surface area contributed by atoms with Gasteiger partial charge >= 0.3 is 0 Å². The highest BCUT2D eigenvalue weighted by atomic mass is 32.2. The van der Waals surface area contributed by atoms with E-state index < -0.39 is 0 Å². The Balaban J connectivity index is 1.61. The van der Waals surface area contributed by atoms with Crippen molar-refractivity contribution in [2.75, 3.05) is 0 Å². The molecule has 2 N–H and O–H groups in total. The molecule has 0 radical (unpaired) electrons. The van der Waals surface area contributed by atoms with Gasteiger partial charge < -0.3 is 0 Å². The fourth-order valence-electron chi connectivity index (χ4n) is 3.67. The first-order valence-electron chi connectivity index (χ1n) is 9.91. The number of aromatic nitrogens is 1. The number of carbonyl (C=O) groups excluding carboxylic acids is 2. The van der Waals surface area contributed by atoms with E-state index in [0.29, 0.717) is 6.42 Å². The van der Waals surface area contributed by atoms with Gasteiger partial charge in [0.2, 0.25) is 5.91 Å². The lowest BCUT2D eigenvalue weighted by Crippen LogP contribution is -2.26. The molecule has 2 heterocycles. The Morgan fingerprint density at radius 3 is 2.40 bits per heavy atom. The van der Waals surface area contributed by atoms with Crippen molar-refractivity contribution in [3.63, 3.8) is 0 Å². The lowest BCUT2D eigenvalue weighted by atomic mass is 9.95. The molecule has 152 valence electrons. The molecule has 6 heteroatoms. The zero-order valence-electron chi connectivity index (χ0n) is 16.6. The number of nitrogens with one attached hydrogen (secondary N) is 2. The van der Waals surface area contributed by atoms with E-state index in [4.69, 9.17) is 0 Å². The molecule has 0 aliphatic carbocycles. The monoisotopic (exact) mass is 417 g/mol. The van der Waals surface area contributed by atoms with Crippen molar-refractivity contribution in [3.05, 3.63) is 101 Å². The van der Waals surface area contributed by atoms with Crippen LogP contribution in [0.25, 0.3) is 0 Å². The van der Waals surface area contributed by atoms with Gasteiger partial charge in [-0.2, -0.15) is 0 Å². The predicted molar refractivity (Wildman–Crippen MR) is 119 cm³/mol. The van der Waals surface area contributed by atoms with Crippen LogP contribution in [-0.2, 0) is 11.2 Å². The molecule has 1 aliphatic rings. The SMILES string of the molecule is C[C@@H](NC(c1ccncc1)c1cccc(CC2SC(=O)NC2=O)c1)c1ccccc1. The van der Waals surface area contributed by atoms with Crippen LogP contribution in [0.2, 0.25) is 0 Å². The molecular formula is C24H23N3O2S. The number of carbonyl (C=O) groups is 2. The van der Waals surface area contributed by atoms with Crippen LogP contribution >= 0.6 is 11.8 Å². The maximum Gasteiger partial charge on any atom is 0.286 e. The lowest BCUT2D eigenvalue weighted by molar-refractivity contribution is -0.118. The molecule has 30 heavy (non-hydrogen) atoms. The van der Waals surface area contributed by atoms with Crippen LogP contribution in [0, 0.1) is 0 Å². The Hall–Kier alpha value is -2.96. The summed E-state index contributed by atoms with van der Waals surface area (Å²) in [6.07, 6.45) is 4.12.